The minimum Gasteiger partial charge on any atom is -0.380 e. The maximum Gasteiger partial charge on any atom is 0.225 e. The van der Waals surface area contributed by atoms with Crippen molar-refractivity contribution in [2.75, 3.05) is 31.6 Å². The summed E-state index contributed by atoms with van der Waals surface area (Å²) in [6, 6.07) is 0. The maximum absolute atomic E-state index is 5.47. The van der Waals surface area contributed by atoms with E-state index in [1.807, 2.05) is 12.4 Å². The van der Waals surface area contributed by atoms with Crippen molar-refractivity contribution in [2.45, 2.75) is 18.9 Å². The molecular formula is C11H18N4O. The van der Waals surface area contributed by atoms with E-state index in [1.165, 1.54) is 0 Å². The molecule has 0 aromatic carbocycles. The summed E-state index contributed by atoms with van der Waals surface area (Å²) in [5.41, 5.74) is 6.57. The average Bonchev–Trinajstić information content (AvgIpc) is 2.79. The summed E-state index contributed by atoms with van der Waals surface area (Å²) in [7, 11) is 1.75. The van der Waals surface area contributed by atoms with Crippen molar-refractivity contribution in [1.82, 2.24) is 9.97 Å². The molecule has 0 saturated carbocycles. The van der Waals surface area contributed by atoms with Crippen molar-refractivity contribution in [1.29, 1.82) is 0 Å². The first-order valence-electron chi connectivity index (χ1n) is 5.62. The number of anilines is 1. The third-order valence-corrected chi connectivity index (χ3v) is 2.89. The minimum atomic E-state index is 0.312. The van der Waals surface area contributed by atoms with Crippen molar-refractivity contribution in [2.24, 2.45) is 5.73 Å². The molecule has 5 heteroatoms. The fourth-order valence-electron chi connectivity index (χ4n) is 1.91. The molecule has 16 heavy (non-hydrogen) atoms. The Labute approximate surface area is 95.6 Å². The van der Waals surface area contributed by atoms with Crippen LogP contribution in [0.1, 0.15) is 12.0 Å². The quantitative estimate of drug-likeness (QED) is 0.788. The predicted octanol–water partition coefficient (Wildman–Crippen LogP) is 0.203. The predicted molar refractivity (Wildman–Crippen MR) is 62.4 cm³/mol. The Bertz CT molecular complexity index is 327. The molecule has 1 aliphatic heterocycles. The number of methoxy groups -OCH3 is 1. The van der Waals surface area contributed by atoms with E-state index in [1.54, 1.807) is 7.11 Å². The van der Waals surface area contributed by atoms with Gasteiger partial charge in [-0.3, -0.25) is 0 Å². The summed E-state index contributed by atoms with van der Waals surface area (Å²) >= 11 is 0. The molecule has 2 rings (SSSR count). The van der Waals surface area contributed by atoms with Crippen LogP contribution in [0.25, 0.3) is 0 Å². The highest BCUT2D eigenvalue weighted by atomic mass is 16.5. The summed E-state index contributed by atoms with van der Waals surface area (Å²) in [5, 5.41) is 0. The monoisotopic (exact) mass is 222 g/mol. The molecule has 5 nitrogen and oxygen atoms in total. The highest BCUT2D eigenvalue weighted by molar-refractivity contribution is 5.32. The molecule has 2 heterocycles. The molecule has 1 aromatic rings. The molecule has 1 aliphatic rings. The van der Waals surface area contributed by atoms with Crippen molar-refractivity contribution in [3.05, 3.63) is 18.0 Å². The smallest absolute Gasteiger partial charge is 0.225 e. The summed E-state index contributed by atoms with van der Waals surface area (Å²) < 4.78 is 5.31. The SMILES string of the molecule is COC1CCN(c2ncc(CCN)cn2)C1. The molecule has 1 aromatic heterocycles. The van der Waals surface area contributed by atoms with Gasteiger partial charge in [0.25, 0.3) is 0 Å². The first-order valence-corrected chi connectivity index (χ1v) is 5.62. The summed E-state index contributed by atoms with van der Waals surface area (Å²) in [5.74, 6) is 0.792. The van der Waals surface area contributed by atoms with E-state index in [4.69, 9.17) is 10.5 Å². The Morgan fingerprint density at radius 1 is 1.50 bits per heavy atom. The van der Waals surface area contributed by atoms with Crippen LogP contribution in [0.5, 0.6) is 0 Å². The Morgan fingerprint density at radius 2 is 2.25 bits per heavy atom. The van der Waals surface area contributed by atoms with Gasteiger partial charge < -0.3 is 15.4 Å². The fourth-order valence-corrected chi connectivity index (χ4v) is 1.91. The molecule has 88 valence electrons. The minimum absolute atomic E-state index is 0.312. The van der Waals surface area contributed by atoms with E-state index in [9.17, 15) is 0 Å². The van der Waals surface area contributed by atoms with E-state index >= 15 is 0 Å². The Hall–Kier alpha value is -1.20. The van der Waals surface area contributed by atoms with Crippen LogP contribution in [0.3, 0.4) is 0 Å². The number of nitrogens with zero attached hydrogens (tertiary/aromatic N) is 3. The molecule has 0 amide bonds. The van der Waals surface area contributed by atoms with Gasteiger partial charge in [0.15, 0.2) is 0 Å². The molecule has 0 spiro atoms. The van der Waals surface area contributed by atoms with Crippen molar-refractivity contribution in [3.63, 3.8) is 0 Å². The number of nitrogens with two attached hydrogens (primary N) is 1. The van der Waals surface area contributed by atoms with Gasteiger partial charge in [-0.15, -0.1) is 0 Å². The van der Waals surface area contributed by atoms with Crippen molar-refractivity contribution >= 4 is 5.95 Å². The number of aromatic nitrogens is 2. The zero-order valence-electron chi connectivity index (χ0n) is 9.59. The van der Waals surface area contributed by atoms with Gasteiger partial charge in [-0.2, -0.15) is 0 Å². The third-order valence-electron chi connectivity index (χ3n) is 2.89. The van der Waals surface area contributed by atoms with E-state index in [2.05, 4.69) is 14.9 Å². The molecular weight excluding hydrogens is 204 g/mol. The first kappa shape index (κ1) is 11.3. The van der Waals surface area contributed by atoms with Gasteiger partial charge in [-0.05, 0) is 24.9 Å². The zero-order chi connectivity index (χ0) is 11.4. The summed E-state index contributed by atoms with van der Waals surface area (Å²) in [6.45, 7) is 2.49. The maximum atomic E-state index is 5.47. The van der Waals surface area contributed by atoms with Crippen LogP contribution >= 0.6 is 0 Å². The molecule has 1 atom stereocenters. The average molecular weight is 222 g/mol. The standard InChI is InChI=1S/C11H18N4O/c1-16-10-3-5-15(8-10)11-13-6-9(2-4-12)7-14-11/h6-7,10H,2-5,8,12H2,1H3. The molecule has 0 bridgehead atoms. The van der Waals surface area contributed by atoms with E-state index in [-0.39, 0.29) is 0 Å². The number of hydrogen-bond acceptors (Lipinski definition) is 5. The van der Waals surface area contributed by atoms with E-state index in [0.717, 1.165) is 37.4 Å². The van der Waals surface area contributed by atoms with Crippen molar-refractivity contribution < 1.29 is 4.74 Å². The molecule has 1 unspecified atom stereocenters. The summed E-state index contributed by atoms with van der Waals surface area (Å²) in [4.78, 5) is 10.9. The highest BCUT2D eigenvalue weighted by Gasteiger charge is 2.23. The van der Waals surface area contributed by atoms with E-state index in [0.29, 0.717) is 12.6 Å². The van der Waals surface area contributed by atoms with Gasteiger partial charge in [0.1, 0.15) is 0 Å². The Balaban J connectivity index is 1.99. The normalized spacial score (nSPS) is 20.4. The summed E-state index contributed by atoms with van der Waals surface area (Å²) in [6.07, 6.45) is 5.91. The van der Waals surface area contributed by atoms with Crippen LogP contribution in [0.4, 0.5) is 5.95 Å². The Morgan fingerprint density at radius 3 is 2.81 bits per heavy atom. The number of rotatable bonds is 4. The molecule has 0 aliphatic carbocycles. The highest BCUT2D eigenvalue weighted by Crippen LogP contribution is 2.17. The lowest BCUT2D eigenvalue weighted by Crippen LogP contribution is -2.24. The number of hydrogen-bond donors (Lipinski definition) is 1. The largest absolute Gasteiger partial charge is 0.380 e. The van der Waals surface area contributed by atoms with Crippen LogP contribution in [-0.2, 0) is 11.2 Å². The second kappa shape index (κ2) is 5.23. The lowest BCUT2D eigenvalue weighted by atomic mass is 10.2. The lowest BCUT2D eigenvalue weighted by Gasteiger charge is -2.15. The van der Waals surface area contributed by atoms with E-state index < -0.39 is 0 Å². The van der Waals surface area contributed by atoms with Gasteiger partial charge in [0.2, 0.25) is 5.95 Å². The number of ether oxygens (including phenoxy) is 1. The van der Waals surface area contributed by atoms with Gasteiger partial charge in [0.05, 0.1) is 6.10 Å². The second-order valence-electron chi connectivity index (χ2n) is 4.02. The molecule has 1 saturated heterocycles. The fraction of sp³-hybridized carbons (Fsp3) is 0.636. The third kappa shape index (κ3) is 2.48. The molecule has 0 radical (unpaired) electrons. The topological polar surface area (TPSA) is 64.3 Å². The lowest BCUT2D eigenvalue weighted by molar-refractivity contribution is 0.121. The van der Waals surface area contributed by atoms with Crippen molar-refractivity contribution in [3.8, 4) is 0 Å². The first-order chi connectivity index (χ1) is 7.83. The van der Waals surface area contributed by atoms with Gasteiger partial charge in [-0.25, -0.2) is 9.97 Å². The van der Waals surface area contributed by atoms with Crippen LogP contribution in [0.15, 0.2) is 12.4 Å². The van der Waals surface area contributed by atoms with Crippen LogP contribution in [0.2, 0.25) is 0 Å². The molecule has 1 fully saturated rings. The Kier molecular flexibility index (Phi) is 3.69. The van der Waals surface area contributed by atoms with Crippen LogP contribution in [0, 0.1) is 0 Å². The van der Waals surface area contributed by atoms with Crippen LogP contribution < -0.4 is 10.6 Å². The van der Waals surface area contributed by atoms with Gasteiger partial charge in [0, 0.05) is 32.6 Å². The second-order valence-corrected chi connectivity index (χ2v) is 4.02. The van der Waals surface area contributed by atoms with Crippen LogP contribution in [-0.4, -0.2) is 42.8 Å². The van der Waals surface area contributed by atoms with Gasteiger partial charge >= 0.3 is 0 Å². The zero-order valence-corrected chi connectivity index (χ0v) is 9.59. The molecule has 2 N–H and O–H groups in total. The van der Waals surface area contributed by atoms with Gasteiger partial charge in [-0.1, -0.05) is 0 Å².